The lowest BCUT2D eigenvalue weighted by atomic mass is 9.99. The zero-order valence-corrected chi connectivity index (χ0v) is 25.1. The fraction of sp³-hybridized carbons (Fsp3) is 0. The number of fused-ring (bicyclic) bond motifs is 4. The van der Waals surface area contributed by atoms with Crippen LogP contribution in [0.3, 0.4) is 0 Å². The molecule has 0 radical (unpaired) electrons. The van der Waals surface area contributed by atoms with Crippen molar-refractivity contribution in [3.63, 3.8) is 0 Å². The maximum absolute atomic E-state index is 15.6. The van der Waals surface area contributed by atoms with Gasteiger partial charge in [-0.05, 0) is 35.0 Å². The highest BCUT2D eigenvalue weighted by molar-refractivity contribution is 6.40. The standard InChI is InChI=1S/C34H8BF15O3/c36-13-5-1-3-9-7-11-17(19(38)15(9)13)21(40)23(42)28(47)32(11)51-35(53-34-30(49)26(45)25(44)27(46)31(34)50)52-33-12-8-10-4-2-6-14(37)16(10)20(39)18(12)22(41)24(43)29(33)48/h1-8H. The van der Waals surface area contributed by atoms with E-state index in [4.69, 9.17) is 9.31 Å². The predicted molar refractivity (Wildman–Crippen MR) is 156 cm³/mol. The molecule has 3 nitrogen and oxygen atoms in total. The summed E-state index contributed by atoms with van der Waals surface area (Å²) in [4.78, 5) is 0. The van der Waals surface area contributed by atoms with E-state index < -0.39 is 155 Å². The Kier molecular flexibility index (Phi) is 8.41. The third-order valence-electron chi connectivity index (χ3n) is 8.02. The van der Waals surface area contributed by atoms with Gasteiger partial charge < -0.3 is 14.0 Å². The molecule has 0 fully saturated rings. The Balaban J connectivity index is 1.51. The Morgan fingerprint density at radius 2 is 0.642 bits per heavy atom. The Morgan fingerprint density at radius 3 is 1.04 bits per heavy atom. The molecule has 0 unspecified atom stereocenters. The summed E-state index contributed by atoms with van der Waals surface area (Å²) in [5.74, 6) is -40.6. The van der Waals surface area contributed by atoms with E-state index >= 15 is 26.3 Å². The maximum Gasteiger partial charge on any atom is 0.864 e. The highest BCUT2D eigenvalue weighted by Gasteiger charge is 2.41. The van der Waals surface area contributed by atoms with Gasteiger partial charge in [-0.3, -0.25) is 0 Å². The van der Waals surface area contributed by atoms with Crippen LogP contribution in [-0.4, -0.2) is 7.32 Å². The van der Waals surface area contributed by atoms with Crippen molar-refractivity contribution in [1.82, 2.24) is 0 Å². The second-order valence-corrected chi connectivity index (χ2v) is 11.0. The molecular formula is C34H8BF15O3. The summed E-state index contributed by atoms with van der Waals surface area (Å²) in [6, 6.07) is 6.51. The summed E-state index contributed by atoms with van der Waals surface area (Å²) in [7, 11) is -3.47. The SMILES string of the molecule is Fc1c(F)c(F)c(OB(Oc2c(F)c(F)c(F)c3c(F)c4c(F)cccc4cc23)Oc2c(F)c(F)c(F)c3c(F)c4c(F)cccc4cc23)c(F)c1F. The van der Waals surface area contributed by atoms with Crippen LogP contribution in [0.1, 0.15) is 0 Å². The molecule has 0 aliphatic heterocycles. The molecule has 7 rings (SSSR count). The van der Waals surface area contributed by atoms with Gasteiger partial charge in [0.05, 0.1) is 21.5 Å². The van der Waals surface area contributed by atoms with Crippen LogP contribution < -0.4 is 14.0 Å². The number of halogens is 15. The topological polar surface area (TPSA) is 27.7 Å². The van der Waals surface area contributed by atoms with Gasteiger partial charge in [-0.15, -0.1) is 0 Å². The number of hydrogen-bond acceptors (Lipinski definition) is 3. The van der Waals surface area contributed by atoms with Gasteiger partial charge in [0.2, 0.25) is 40.7 Å². The Bertz CT molecular complexity index is 2560. The molecule has 53 heavy (non-hydrogen) atoms. The number of rotatable bonds is 6. The van der Waals surface area contributed by atoms with E-state index in [0.29, 0.717) is 24.3 Å². The van der Waals surface area contributed by atoms with Crippen molar-refractivity contribution in [3.8, 4) is 17.2 Å². The van der Waals surface area contributed by atoms with Gasteiger partial charge in [-0.25, -0.2) is 48.3 Å². The van der Waals surface area contributed by atoms with Crippen molar-refractivity contribution >= 4 is 50.4 Å². The van der Waals surface area contributed by atoms with Crippen molar-refractivity contribution in [1.29, 1.82) is 0 Å². The monoisotopic (exact) mass is 760 g/mol. The largest absolute Gasteiger partial charge is 0.864 e. The minimum absolute atomic E-state index is 0.490. The minimum atomic E-state index is -3.47. The quantitative estimate of drug-likeness (QED) is 0.0556. The molecule has 0 aliphatic carbocycles. The van der Waals surface area contributed by atoms with Crippen molar-refractivity contribution in [2.45, 2.75) is 0 Å². The van der Waals surface area contributed by atoms with Gasteiger partial charge in [-0.2, -0.15) is 17.6 Å². The van der Waals surface area contributed by atoms with Crippen LogP contribution in [-0.2, 0) is 0 Å². The molecule has 0 bridgehead atoms. The molecule has 0 aliphatic rings. The summed E-state index contributed by atoms with van der Waals surface area (Å²) in [6.07, 6.45) is 0. The molecule has 0 N–H and O–H groups in total. The summed E-state index contributed by atoms with van der Waals surface area (Å²) in [6.45, 7) is 0. The smallest absolute Gasteiger partial charge is 0.486 e. The van der Waals surface area contributed by atoms with Crippen molar-refractivity contribution in [3.05, 3.63) is 136 Å². The molecule has 19 heteroatoms. The molecule has 0 spiro atoms. The second kappa shape index (κ2) is 12.6. The first-order valence-corrected chi connectivity index (χ1v) is 14.3. The summed E-state index contributed by atoms with van der Waals surface area (Å²) < 4.78 is 237. The molecule has 7 aromatic rings. The molecule has 0 saturated heterocycles. The van der Waals surface area contributed by atoms with E-state index in [-0.39, 0.29) is 0 Å². The summed E-state index contributed by atoms with van der Waals surface area (Å²) in [5.41, 5.74) is 0. The van der Waals surface area contributed by atoms with Crippen LogP contribution in [0.25, 0.3) is 43.1 Å². The lowest BCUT2D eigenvalue weighted by Gasteiger charge is -2.21. The molecule has 0 atom stereocenters. The molecule has 0 aromatic heterocycles. The van der Waals surface area contributed by atoms with E-state index in [1.807, 2.05) is 0 Å². The fourth-order valence-electron chi connectivity index (χ4n) is 5.64. The predicted octanol–water partition coefficient (Wildman–Crippen LogP) is 10.9. The first-order valence-electron chi connectivity index (χ1n) is 14.3. The van der Waals surface area contributed by atoms with Crippen molar-refractivity contribution in [2.75, 3.05) is 0 Å². The highest BCUT2D eigenvalue weighted by atomic mass is 19.2. The second-order valence-electron chi connectivity index (χ2n) is 11.0. The van der Waals surface area contributed by atoms with Gasteiger partial charge in [0, 0.05) is 10.8 Å². The first-order chi connectivity index (χ1) is 25.0. The number of hydrogen-bond donors (Lipinski definition) is 0. The summed E-state index contributed by atoms with van der Waals surface area (Å²) >= 11 is 0. The van der Waals surface area contributed by atoms with Gasteiger partial charge in [-0.1, -0.05) is 24.3 Å². The Labute approximate surface area is 283 Å². The van der Waals surface area contributed by atoms with Crippen LogP contribution >= 0.6 is 0 Å². The highest BCUT2D eigenvalue weighted by Crippen LogP contribution is 2.42. The van der Waals surface area contributed by atoms with Gasteiger partial charge >= 0.3 is 7.32 Å². The third kappa shape index (κ3) is 5.27. The van der Waals surface area contributed by atoms with Gasteiger partial charge in [0.15, 0.2) is 40.5 Å². The van der Waals surface area contributed by atoms with Gasteiger partial charge in [0.25, 0.3) is 0 Å². The zero-order valence-electron chi connectivity index (χ0n) is 25.1. The lowest BCUT2D eigenvalue weighted by molar-refractivity contribution is 0.268. The number of benzene rings is 7. The Hall–Kier alpha value is -6.01. The fourth-order valence-corrected chi connectivity index (χ4v) is 5.64. The average molecular weight is 760 g/mol. The van der Waals surface area contributed by atoms with E-state index in [2.05, 4.69) is 4.65 Å². The normalized spacial score (nSPS) is 11.7. The third-order valence-corrected chi connectivity index (χ3v) is 8.02. The van der Waals surface area contributed by atoms with E-state index in [1.165, 1.54) is 0 Å². The molecular weight excluding hydrogens is 752 g/mol. The maximum atomic E-state index is 15.6. The van der Waals surface area contributed by atoms with Crippen LogP contribution in [0.2, 0.25) is 0 Å². The van der Waals surface area contributed by atoms with E-state index in [1.54, 1.807) is 0 Å². The molecule has 270 valence electrons. The average Bonchev–Trinajstić information content (AvgIpc) is 3.12. The minimum Gasteiger partial charge on any atom is -0.486 e. The molecule has 0 saturated carbocycles. The molecule has 0 amide bonds. The van der Waals surface area contributed by atoms with Crippen LogP contribution in [0.4, 0.5) is 65.9 Å². The zero-order chi connectivity index (χ0) is 38.4. The van der Waals surface area contributed by atoms with Crippen LogP contribution in [0.15, 0.2) is 48.5 Å². The molecule has 0 heterocycles. The van der Waals surface area contributed by atoms with Crippen LogP contribution in [0.5, 0.6) is 17.2 Å². The van der Waals surface area contributed by atoms with E-state index in [0.717, 1.165) is 24.3 Å². The molecule has 7 aromatic carbocycles. The van der Waals surface area contributed by atoms with Gasteiger partial charge in [0.1, 0.15) is 23.3 Å². The first kappa shape index (κ1) is 35.4. The van der Waals surface area contributed by atoms with Crippen LogP contribution in [0, 0.1) is 87.3 Å². The lowest BCUT2D eigenvalue weighted by Crippen LogP contribution is -2.38. The van der Waals surface area contributed by atoms with E-state index in [9.17, 15) is 39.5 Å². The Morgan fingerprint density at radius 1 is 0.321 bits per heavy atom. The van der Waals surface area contributed by atoms with Crippen molar-refractivity contribution in [2.24, 2.45) is 0 Å². The summed E-state index contributed by atoms with van der Waals surface area (Å²) in [5, 5.41) is -8.39. The van der Waals surface area contributed by atoms with Crippen molar-refractivity contribution < 1.29 is 79.8 Å².